The number of benzene rings is 2. The van der Waals surface area contributed by atoms with Crippen LogP contribution in [0.25, 0.3) is 0 Å². The molecular formula is C25H25N3O2. The largest absolute Gasteiger partial charge is 0.326 e. The number of nitrogens with one attached hydrogen (secondary N) is 2. The van der Waals surface area contributed by atoms with Crippen LogP contribution in [0.3, 0.4) is 0 Å². The lowest BCUT2D eigenvalue weighted by Gasteiger charge is -2.50. The predicted molar refractivity (Wildman–Crippen MR) is 117 cm³/mol. The Bertz CT molecular complexity index is 1140. The van der Waals surface area contributed by atoms with Gasteiger partial charge in [-0.2, -0.15) is 0 Å². The number of ketones is 1. The molecular weight excluding hydrogens is 374 g/mol. The van der Waals surface area contributed by atoms with Gasteiger partial charge in [-0.25, -0.2) is 4.98 Å². The van der Waals surface area contributed by atoms with Gasteiger partial charge in [0.2, 0.25) is 5.95 Å². The molecule has 2 aromatic carbocycles. The highest BCUT2D eigenvalue weighted by Crippen LogP contribution is 2.54. The molecule has 1 aromatic heterocycles. The summed E-state index contributed by atoms with van der Waals surface area (Å²) in [6.45, 7) is 2.05. The number of Topliss-reactive ketones (excluding diaryl/α,β-unsaturated/α-hetero) is 1. The highest BCUT2D eigenvalue weighted by atomic mass is 16.1. The number of aromatic amines is 1. The molecule has 1 heterocycles. The molecule has 5 heteroatoms. The Hall–Kier alpha value is -3.21. The van der Waals surface area contributed by atoms with E-state index in [1.807, 2.05) is 55.5 Å². The lowest BCUT2D eigenvalue weighted by molar-refractivity contribution is -0.128. The van der Waals surface area contributed by atoms with Crippen LogP contribution < -0.4 is 10.9 Å². The SMILES string of the molecule is C[C@@H]1C(=O)CC[C@]2(c3ccccc3)c3nc(Nc4ccccc4)[nH]c(=O)c3CC[C@@H]12. The predicted octanol–water partition coefficient (Wildman–Crippen LogP) is 4.36. The molecule has 1 saturated carbocycles. The number of rotatable bonds is 3. The van der Waals surface area contributed by atoms with Crippen LogP contribution in [-0.4, -0.2) is 15.8 Å². The summed E-state index contributed by atoms with van der Waals surface area (Å²) in [7, 11) is 0. The van der Waals surface area contributed by atoms with E-state index in [9.17, 15) is 9.59 Å². The summed E-state index contributed by atoms with van der Waals surface area (Å²) in [5.74, 6) is 0.874. The van der Waals surface area contributed by atoms with Gasteiger partial charge in [0.05, 0.1) is 5.69 Å². The Labute approximate surface area is 175 Å². The first kappa shape index (κ1) is 18.8. The third-order valence-electron chi connectivity index (χ3n) is 6.98. The lowest BCUT2D eigenvalue weighted by Crippen LogP contribution is -2.51. The zero-order valence-electron chi connectivity index (χ0n) is 17.0. The molecule has 0 aliphatic heterocycles. The van der Waals surface area contributed by atoms with Gasteiger partial charge in [-0.3, -0.25) is 14.6 Å². The lowest BCUT2D eigenvalue weighted by atomic mass is 9.53. The van der Waals surface area contributed by atoms with Crippen LogP contribution in [0.2, 0.25) is 0 Å². The van der Waals surface area contributed by atoms with E-state index in [1.165, 1.54) is 0 Å². The summed E-state index contributed by atoms with van der Waals surface area (Å²) < 4.78 is 0. The second-order valence-electron chi connectivity index (χ2n) is 8.47. The van der Waals surface area contributed by atoms with E-state index in [4.69, 9.17) is 4.98 Å². The molecule has 30 heavy (non-hydrogen) atoms. The molecule has 2 aliphatic carbocycles. The van der Waals surface area contributed by atoms with Crippen molar-refractivity contribution in [2.24, 2.45) is 11.8 Å². The minimum absolute atomic E-state index is 0.0428. The zero-order valence-corrected chi connectivity index (χ0v) is 17.0. The molecule has 2 aliphatic rings. The third-order valence-corrected chi connectivity index (χ3v) is 6.98. The fourth-order valence-corrected chi connectivity index (χ4v) is 5.52. The normalized spacial score (nSPS) is 25.3. The Balaban J connectivity index is 1.71. The van der Waals surface area contributed by atoms with Crippen molar-refractivity contribution in [3.8, 4) is 0 Å². The van der Waals surface area contributed by atoms with Gasteiger partial charge in [-0.05, 0) is 42.9 Å². The minimum Gasteiger partial charge on any atom is -0.326 e. The van der Waals surface area contributed by atoms with Crippen molar-refractivity contribution in [1.82, 2.24) is 9.97 Å². The molecule has 0 unspecified atom stereocenters. The average molecular weight is 399 g/mol. The number of nitrogens with zero attached hydrogens (tertiary/aromatic N) is 1. The van der Waals surface area contributed by atoms with Crippen LogP contribution in [0.15, 0.2) is 65.5 Å². The van der Waals surface area contributed by atoms with Gasteiger partial charge in [0, 0.05) is 29.0 Å². The van der Waals surface area contributed by atoms with Gasteiger partial charge in [-0.15, -0.1) is 0 Å². The second-order valence-corrected chi connectivity index (χ2v) is 8.47. The average Bonchev–Trinajstić information content (AvgIpc) is 2.77. The van der Waals surface area contributed by atoms with Gasteiger partial charge in [-0.1, -0.05) is 55.5 Å². The molecule has 0 saturated heterocycles. The number of carbonyl (C=O) groups excluding carboxylic acids is 1. The van der Waals surface area contributed by atoms with Crippen molar-refractivity contribution in [3.63, 3.8) is 0 Å². The van der Waals surface area contributed by atoms with Crippen LogP contribution in [0.5, 0.6) is 0 Å². The van der Waals surface area contributed by atoms with Gasteiger partial charge in [0.1, 0.15) is 5.78 Å². The molecule has 2 N–H and O–H groups in total. The van der Waals surface area contributed by atoms with Crippen molar-refractivity contribution in [1.29, 1.82) is 0 Å². The summed E-state index contributed by atoms with van der Waals surface area (Å²) in [5.41, 5.74) is 3.12. The van der Waals surface area contributed by atoms with Crippen molar-refractivity contribution in [2.45, 2.75) is 38.0 Å². The van der Waals surface area contributed by atoms with Gasteiger partial charge in [0.15, 0.2) is 0 Å². The summed E-state index contributed by atoms with van der Waals surface area (Å²) in [6, 6.07) is 20.0. The molecule has 1 fully saturated rings. The highest BCUT2D eigenvalue weighted by Gasteiger charge is 2.53. The van der Waals surface area contributed by atoms with Crippen molar-refractivity contribution in [2.75, 3.05) is 5.32 Å². The van der Waals surface area contributed by atoms with Crippen molar-refractivity contribution >= 4 is 17.4 Å². The quantitative estimate of drug-likeness (QED) is 0.686. The smallest absolute Gasteiger partial charge is 0.255 e. The topological polar surface area (TPSA) is 74.8 Å². The Morgan fingerprint density at radius 3 is 2.43 bits per heavy atom. The highest BCUT2D eigenvalue weighted by molar-refractivity contribution is 5.83. The number of H-pyrrole nitrogens is 1. The van der Waals surface area contributed by atoms with Crippen molar-refractivity contribution < 1.29 is 4.79 Å². The van der Waals surface area contributed by atoms with Crippen LogP contribution >= 0.6 is 0 Å². The standard InChI is InChI=1S/C25H25N3O2/c1-16-20-13-12-19-22(25(20,15-14-21(16)29)17-8-4-2-5-9-17)27-24(28-23(19)30)26-18-10-6-3-7-11-18/h2-11,16,20H,12-15H2,1H3,(H2,26,27,28,30)/t16-,20-,25+/m0/s1. The summed E-state index contributed by atoms with van der Waals surface area (Å²) >= 11 is 0. The maximum Gasteiger partial charge on any atom is 0.255 e. The molecule has 3 aromatic rings. The summed E-state index contributed by atoms with van der Waals surface area (Å²) in [4.78, 5) is 33.6. The van der Waals surface area contributed by atoms with E-state index in [0.29, 0.717) is 31.0 Å². The number of hydrogen-bond donors (Lipinski definition) is 2. The summed E-state index contributed by atoms with van der Waals surface area (Å²) in [6.07, 6.45) is 2.69. The van der Waals surface area contributed by atoms with Crippen LogP contribution in [0.1, 0.15) is 43.0 Å². The maximum absolute atomic E-state index is 13.1. The molecule has 3 atom stereocenters. The first-order valence-electron chi connectivity index (χ1n) is 10.6. The van der Waals surface area contributed by atoms with E-state index in [-0.39, 0.29) is 17.4 Å². The van der Waals surface area contributed by atoms with Crippen LogP contribution in [0.4, 0.5) is 11.6 Å². The minimum atomic E-state index is -0.413. The third kappa shape index (κ3) is 2.88. The first-order chi connectivity index (χ1) is 14.6. The Morgan fingerprint density at radius 1 is 1.00 bits per heavy atom. The van der Waals surface area contributed by atoms with Gasteiger partial charge < -0.3 is 5.32 Å². The summed E-state index contributed by atoms with van der Waals surface area (Å²) in [5, 5.41) is 3.25. The zero-order chi connectivity index (χ0) is 20.7. The van der Waals surface area contributed by atoms with E-state index in [2.05, 4.69) is 22.4 Å². The monoisotopic (exact) mass is 399 g/mol. The fourth-order valence-electron chi connectivity index (χ4n) is 5.52. The van der Waals surface area contributed by atoms with Gasteiger partial charge >= 0.3 is 0 Å². The van der Waals surface area contributed by atoms with Gasteiger partial charge in [0.25, 0.3) is 5.56 Å². The Kier molecular flexibility index (Phi) is 4.54. The molecule has 0 amide bonds. The number of aromatic nitrogens is 2. The molecule has 5 rings (SSSR count). The van der Waals surface area contributed by atoms with Crippen LogP contribution in [0, 0.1) is 11.8 Å². The second kappa shape index (κ2) is 7.24. The number of anilines is 2. The van der Waals surface area contributed by atoms with E-state index < -0.39 is 5.41 Å². The molecule has 0 radical (unpaired) electrons. The number of para-hydroxylation sites is 1. The molecule has 0 bridgehead atoms. The van der Waals surface area contributed by atoms with E-state index in [0.717, 1.165) is 28.9 Å². The molecule has 5 nitrogen and oxygen atoms in total. The maximum atomic E-state index is 13.1. The van der Waals surface area contributed by atoms with Crippen molar-refractivity contribution in [3.05, 3.63) is 87.8 Å². The molecule has 152 valence electrons. The number of fused-ring (bicyclic) bond motifs is 3. The van der Waals surface area contributed by atoms with Crippen LogP contribution in [-0.2, 0) is 16.6 Å². The van der Waals surface area contributed by atoms with E-state index in [1.54, 1.807) is 0 Å². The number of carbonyl (C=O) groups is 1. The van der Waals surface area contributed by atoms with E-state index >= 15 is 0 Å². The Morgan fingerprint density at radius 2 is 1.70 bits per heavy atom. The first-order valence-corrected chi connectivity index (χ1v) is 10.6. The number of hydrogen-bond acceptors (Lipinski definition) is 4. The molecule has 0 spiro atoms. The fraction of sp³-hybridized carbons (Fsp3) is 0.320.